The van der Waals surface area contributed by atoms with Gasteiger partial charge in [0, 0.05) is 22.7 Å². The van der Waals surface area contributed by atoms with Gasteiger partial charge in [-0.3, -0.25) is 0 Å². The summed E-state index contributed by atoms with van der Waals surface area (Å²) in [5.41, 5.74) is 5.40. The number of thiazole rings is 1. The van der Waals surface area contributed by atoms with Crippen LogP contribution in [0.2, 0.25) is 5.28 Å². The highest BCUT2D eigenvalue weighted by molar-refractivity contribution is 7.15. The molecule has 8 heteroatoms. The van der Waals surface area contributed by atoms with E-state index in [2.05, 4.69) is 62.8 Å². The molecule has 0 saturated carbocycles. The maximum absolute atomic E-state index is 5.90. The molecule has 3 heterocycles. The zero-order valence-electron chi connectivity index (χ0n) is 13.9. The van der Waals surface area contributed by atoms with Gasteiger partial charge < -0.3 is 5.32 Å². The predicted molar refractivity (Wildman–Crippen MR) is 101 cm³/mol. The summed E-state index contributed by atoms with van der Waals surface area (Å²) in [6.45, 7) is 6.05. The predicted octanol–water partition coefficient (Wildman–Crippen LogP) is 4.57. The van der Waals surface area contributed by atoms with Gasteiger partial charge in [0.15, 0.2) is 0 Å². The van der Waals surface area contributed by atoms with Gasteiger partial charge in [0.25, 0.3) is 0 Å². The van der Waals surface area contributed by atoms with Gasteiger partial charge in [-0.1, -0.05) is 23.8 Å². The van der Waals surface area contributed by atoms with Gasteiger partial charge in [0.05, 0.1) is 5.69 Å². The van der Waals surface area contributed by atoms with Gasteiger partial charge in [-0.15, -0.1) is 16.4 Å². The van der Waals surface area contributed by atoms with Crippen LogP contribution in [-0.2, 0) is 0 Å². The Hall–Kier alpha value is -2.51. The number of nitrogens with zero attached hydrogens (tertiary/aromatic N) is 5. The molecule has 3 aromatic heterocycles. The van der Waals surface area contributed by atoms with E-state index in [0.29, 0.717) is 11.8 Å². The minimum absolute atomic E-state index is 0.194. The third-order valence-corrected chi connectivity index (χ3v) is 4.79. The maximum Gasteiger partial charge on any atom is 0.249 e. The summed E-state index contributed by atoms with van der Waals surface area (Å²) in [6, 6.07) is 8.19. The number of benzene rings is 1. The SMILES string of the molecule is Cc1ccc(-c2csc3nc(Nc4cc(C)nc(Cl)n4)nn23)c(C)c1. The largest absolute Gasteiger partial charge is 0.307 e. The van der Waals surface area contributed by atoms with E-state index in [1.54, 1.807) is 17.4 Å². The van der Waals surface area contributed by atoms with E-state index in [-0.39, 0.29) is 5.28 Å². The zero-order valence-corrected chi connectivity index (χ0v) is 15.5. The Morgan fingerprint density at radius 2 is 1.92 bits per heavy atom. The first-order valence-corrected chi connectivity index (χ1v) is 8.95. The molecule has 0 spiro atoms. The lowest BCUT2D eigenvalue weighted by Crippen LogP contribution is -1.99. The number of aryl methyl sites for hydroxylation is 3. The molecule has 1 N–H and O–H groups in total. The van der Waals surface area contributed by atoms with Crippen molar-refractivity contribution < 1.29 is 0 Å². The van der Waals surface area contributed by atoms with Gasteiger partial charge in [-0.05, 0) is 37.9 Å². The van der Waals surface area contributed by atoms with Crippen molar-refractivity contribution in [3.05, 3.63) is 51.7 Å². The average Bonchev–Trinajstić information content (AvgIpc) is 3.06. The summed E-state index contributed by atoms with van der Waals surface area (Å²) >= 11 is 7.45. The monoisotopic (exact) mass is 370 g/mol. The topological polar surface area (TPSA) is 68.0 Å². The maximum atomic E-state index is 5.90. The molecule has 0 fully saturated rings. The van der Waals surface area contributed by atoms with Crippen LogP contribution in [0.15, 0.2) is 29.6 Å². The fraction of sp³-hybridized carbons (Fsp3) is 0.176. The minimum Gasteiger partial charge on any atom is -0.307 e. The molecule has 0 atom stereocenters. The fourth-order valence-corrected chi connectivity index (χ4v) is 3.78. The quantitative estimate of drug-likeness (QED) is 0.535. The zero-order chi connectivity index (χ0) is 17.6. The van der Waals surface area contributed by atoms with Crippen molar-refractivity contribution in [1.82, 2.24) is 24.6 Å². The smallest absolute Gasteiger partial charge is 0.249 e. The van der Waals surface area contributed by atoms with E-state index in [0.717, 1.165) is 21.9 Å². The summed E-state index contributed by atoms with van der Waals surface area (Å²) < 4.78 is 1.85. The standard InChI is InChI=1S/C17H15ClN6S/c1-9-4-5-12(10(2)6-9)13-8-25-17-22-16(23-24(13)17)21-14-7-11(3)19-15(18)20-14/h4-8H,1-3H3,(H,19,20,21,23). The number of anilines is 2. The Bertz CT molecular complexity index is 1060. The molecule has 0 bridgehead atoms. The molecule has 0 aliphatic rings. The lowest BCUT2D eigenvalue weighted by Gasteiger charge is -2.05. The number of aromatic nitrogens is 5. The summed E-state index contributed by atoms with van der Waals surface area (Å²) in [4.78, 5) is 13.5. The lowest BCUT2D eigenvalue weighted by molar-refractivity contribution is 0.983. The number of nitrogens with one attached hydrogen (secondary N) is 1. The van der Waals surface area contributed by atoms with E-state index >= 15 is 0 Å². The van der Waals surface area contributed by atoms with Crippen molar-refractivity contribution in [1.29, 1.82) is 0 Å². The van der Waals surface area contributed by atoms with E-state index in [4.69, 9.17) is 11.6 Å². The van der Waals surface area contributed by atoms with Gasteiger partial charge in [-0.25, -0.2) is 14.5 Å². The van der Waals surface area contributed by atoms with Gasteiger partial charge in [0.2, 0.25) is 16.2 Å². The fourth-order valence-electron chi connectivity index (χ4n) is 2.73. The molecule has 126 valence electrons. The molecule has 4 rings (SSSR count). The summed E-state index contributed by atoms with van der Waals surface area (Å²) in [5.74, 6) is 1.05. The highest BCUT2D eigenvalue weighted by Crippen LogP contribution is 2.29. The van der Waals surface area contributed by atoms with Crippen LogP contribution in [0.1, 0.15) is 16.8 Å². The molecular weight excluding hydrogens is 356 g/mol. The Labute approximate surface area is 153 Å². The highest BCUT2D eigenvalue weighted by atomic mass is 35.5. The molecule has 0 aliphatic heterocycles. The van der Waals surface area contributed by atoms with Crippen LogP contribution < -0.4 is 5.32 Å². The van der Waals surface area contributed by atoms with Gasteiger partial charge in [-0.2, -0.15) is 4.98 Å². The number of fused-ring (bicyclic) bond motifs is 1. The number of hydrogen-bond donors (Lipinski definition) is 1. The van der Waals surface area contributed by atoms with Gasteiger partial charge >= 0.3 is 0 Å². The van der Waals surface area contributed by atoms with E-state index in [1.807, 2.05) is 11.4 Å². The Kier molecular flexibility index (Phi) is 3.89. The van der Waals surface area contributed by atoms with Crippen molar-refractivity contribution in [3.8, 4) is 11.3 Å². The first kappa shape index (κ1) is 16.0. The summed E-state index contributed by atoms with van der Waals surface area (Å²) in [6.07, 6.45) is 0. The second-order valence-electron chi connectivity index (χ2n) is 5.86. The Morgan fingerprint density at radius 3 is 2.68 bits per heavy atom. The number of rotatable bonds is 3. The van der Waals surface area contributed by atoms with E-state index < -0.39 is 0 Å². The normalized spacial score (nSPS) is 11.2. The lowest BCUT2D eigenvalue weighted by atomic mass is 10.0. The molecule has 6 nitrogen and oxygen atoms in total. The van der Waals surface area contributed by atoms with Crippen LogP contribution in [0.3, 0.4) is 0 Å². The van der Waals surface area contributed by atoms with E-state index in [1.165, 1.54) is 11.1 Å². The molecule has 1 aromatic carbocycles. The van der Waals surface area contributed by atoms with Crippen LogP contribution in [0.4, 0.5) is 11.8 Å². The third-order valence-electron chi connectivity index (χ3n) is 3.81. The number of hydrogen-bond acceptors (Lipinski definition) is 6. The van der Waals surface area contributed by atoms with Gasteiger partial charge in [0.1, 0.15) is 5.82 Å². The minimum atomic E-state index is 0.194. The Balaban J connectivity index is 1.73. The molecule has 25 heavy (non-hydrogen) atoms. The molecule has 0 radical (unpaired) electrons. The van der Waals surface area contributed by atoms with Crippen molar-refractivity contribution in [2.45, 2.75) is 20.8 Å². The Morgan fingerprint density at radius 1 is 1.08 bits per heavy atom. The van der Waals surface area contributed by atoms with Crippen LogP contribution in [-0.4, -0.2) is 24.6 Å². The van der Waals surface area contributed by atoms with Crippen LogP contribution in [0, 0.1) is 20.8 Å². The van der Waals surface area contributed by atoms with Crippen molar-refractivity contribution in [3.63, 3.8) is 0 Å². The van der Waals surface area contributed by atoms with Crippen LogP contribution in [0.25, 0.3) is 16.2 Å². The van der Waals surface area contributed by atoms with Crippen LogP contribution >= 0.6 is 22.9 Å². The molecule has 0 unspecified atom stereocenters. The van der Waals surface area contributed by atoms with Crippen molar-refractivity contribution in [2.75, 3.05) is 5.32 Å². The number of halogens is 1. The average molecular weight is 371 g/mol. The second kappa shape index (κ2) is 6.09. The van der Waals surface area contributed by atoms with Crippen molar-refractivity contribution in [2.24, 2.45) is 0 Å². The first-order valence-electron chi connectivity index (χ1n) is 7.70. The second-order valence-corrected chi connectivity index (χ2v) is 7.03. The molecule has 0 saturated heterocycles. The van der Waals surface area contributed by atoms with Crippen LogP contribution in [0.5, 0.6) is 0 Å². The first-order chi connectivity index (χ1) is 12.0. The summed E-state index contributed by atoms with van der Waals surface area (Å²) in [7, 11) is 0. The molecule has 0 amide bonds. The molecule has 4 aromatic rings. The highest BCUT2D eigenvalue weighted by Gasteiger charge is 2.14. The van der Waals surface area contributed by atoms with Crippen molar-refractivity contribution >= 4 is 39.7 Å². The summed E-state index contributed by atoms with van der Waals surface area (Å²) in [5, 5.41) is 9.93. The molecule has 0 aliphatic carbocycles. The third kappa shape index (κ3) is 3.08. The molecular formula is C17H15ClN6S. The van der Waals surface area contributed by atoms with E-state index in [9.17, 15) is 0 Å².